The Balaban J connectivity index is 2.30. The molecule has 3 nitrogen and oxygen atoms in total. The zero-order valence-electron chi connectivity index (χ0n) is 12.1. The summed E-state index contributed by atoms with van der Waals surface area (Å²) in [5, 5.41) is 10.1. The Morgan fingerprint density at radius 1 is 1.30 bits per heavy atom. The highest BCUT2D eigenvalue weighted by Crippen LogP contribution is 2.33. The summed E-state index contributed by atoms with van der Waals surface area (Å²) in [6.07, 6.45) is 2.53. The molecule has 1 unspecified atom stereocenters. The third-order valence-corrected chi connectivity index (χ3v) is 3.76. The standard InChI is InChI=1S/C17H21NO2/c1-3-7-15(19)17-14(18-2)10-13(11-16(17)20)12-8-5-4-6-9-12/h4-6,8-9,13,19H,3,7,10-11H2,1-2H3. The zero-order chi connectivity index (χ0) is 14.5. The lowest BCUT2D eigenvalue weighted by Crippen LogP contribution is -2.26. The van der Waals surface area contributed by atoms with E-state index in [0.717, 1.165) is 24.1 Å². The van der Waals surface area contributed by atoms with Crippen LogP contribution in [0, 0.1) is 0 Å². The summed E-state index contributed by atoms with van der Waals surface area (Å²) in [5.41, 5.74) is 2.36. The van der Waals surface area contributed by atoms with Gasteiger partial charge in [0.25, 0.3) is 0 Å². The van der Waals surface area contributed by atoms with Gasteiger partial charge >= 0.3 is 0 Å². The van der Waals surface area contributed by atoms with E-state index in [-0.39, 0.29) is 17.5 Å². The van der Waals surface area contributed by atoms with Crippen LogP contribution >= 0.6 is 0 Å². The summed E-state index contributed by atoms with van der Waals surface area (Å²) in [6, 6.07) is 10.0. The number of hydrogen-bond donors (Lipinski definition) is 1. The lowest BCUT2D eigenvalue weighted by Gasteiger charge is -2.25. The molecule has 1 aliphatic rings. The van der Waals surface area contributed by atoms with E-state index in [1.165, 1.54) is 0 Å². The number of Topliss-reactive ketones (excluding diaryl/α,β-unsaturated/α-hetero) is 1. The van der Waals surface area contributed by atoms with Crippen molar-refractivity contribution < 1.29 is 9.90 Å². The van der Waals surface area contributed by atoms with E-state index in [2.05, 4.69) is 4.99 Å². The second-order valence-corrected chi connectivity index (χ2v) is 5.18. The van der Waals surface area contributed by atoms with Gasteiger partial charge in [-0.3, -0.25) is 9.79 Å². The number of allylic oxidation sites excluding steroid dienone is 2. The first kappa shape index (κ1) is 14.5. The van der Waals surface area contributed by atoms with Crippen molar-refractivity contribution in [2.45, 2.75) is 38.5 Å². The van der Waals surface area contributed by atoms with Crippen LogP contribution in [0.4, 0.5) is 0 Å². The number of aliphatic hydroxyl groups excluding tert-OH is 1. The minimum Gasteiger partial charge on any atom is -0.511 e. The van der Waals surface area contributed by atoms with Gasteiger partial charge in [-0.1, -0.05) is 37.3 Å². The predicted molar refractivity (Wildman–Crippen MR) is 81.3 cm³/mol. The molecule has 0 saturated heterocycles. The number of aliphatic hydroxyl groups is 1. The van der Waals surface area contributed by atoms with E-state index < -0.39 is 0 Å². The van der Waals surface area contributed by atoms with Crippen LogP contribution in [0.2, 0.25) is 0 Å². The van der Waals surface area contributed by atoms with Crippen LogP contribution in [-0.4, -0.2) is 23.6 Å². The van der Waals surface area contributed by atoms with Crippen LogP contribution in [0.1, 0.15) is 44.1 Å². The Morgan fingerprint density at radius 2 is 2.00 bits per heavy atom. The Morgan fingerprint density at radius 3 is 2.60 bits per heavy atom. The second kappa shape index (κ2) is 6.51. The SMILES string of the molecule is CCCC(O)=C1C(=O)CC(c2ccccc2)CC1=NC. The van der Waals surface area contributed by atoms with Crippen molar-refractivity contribution in [3.8, 4) is 0 Å². The number of aliphatic imine (C=N–C) groups is 1. The first-order valence-electron chi connectivity index (χ1n) is 7.13. The third kappa shape index (κ3) is 2.98. The Labute approximate surface area is 120 Å². The number of nitrogens with zero attached hydrogens (tertiary/aromatic N) is 1. The molecular weight excluding hydrogens is 250 g/mol. The van der Waals surface area contributed by atoms with E-state index in [0.29, 0.717) is 18.4 Å². The summed E-state index contributed by atoms with van der Waals surface area (Å²) in [5.74, 6) is 0.377. The third-order valence-electron chi connectivity index (χ3n) is 3.76. The molecule has 3 heteroatoms. The number of carbonyl (C=O) groups excluding carboxylic acids is 1. The minimum absolute atomic E-state index is 0.0108. The molecule has 1 saturated carbocycles. The van der Waals surface area contributed by atoms with Crippen LogP contribution < -0.4 is 0 Å². The van der Waals surface area contributed by atoms with Crippen molar-refractivity contribution in [1.82, 2.24) is 0 Å². The van der Waals surface area contributed by atoms with Crippen molar-refractivity contribution in [2.24, 2.45) is 4.99 Å². The smallest absolute Gasteiger partial charge is 0.168 e. The molecule has 20 heavy (non-hydrogen) atoms. The summed E-state index contributed by atoms with van der Waals surface area (Å²) < 4.78 is 0. The molecule has 0 spiro atoms. The van der Waals surface area contributed by atoms with Gasteiger partial charge in [0.2, 0.25) is 0 Å². The fourth-order valence-electron chi connectivity index (χ4n) is 2.75. The van der Waals surface area contributed by atoms with Crippen LogP contribution in [0.3, 0.4) is 0 Å². The maximum Gasteiger partial charge on any atom is 0.168 e. The average Bonchev–Trinajstić information content (AvgIpc) is 2.47. The van der Waals surface area contributed by atoms with Gasteiger partial charge in [-0.05, 0) is 24.3 Å². The minimum atomic E-state index is 0.0108. The fourth-order valence-corrected chi connectivity index (χ4v) is 2.75. The van der Waals surface area contributed by atoms with Crippen molar-refractivity contribution >= 4 is 11.5 Å². The number of ketones is 1. The molecule has 0 amide bonds. The monoisotopic (exact) mass is 271 g/mol. The molecule has 1 N–H and O–H groups in total. The molecule has 1 aromatic rings. The maximum atomic E-state index is 12.4. The molecule has 2 rings (SSSR count). The van der Waals surface area contributed by atoms with E-state index >= 15 is 0 Å². The quantitative estimate of drug-likeness (QED) is 0.671. The van der Waals surface area contributed by atoms with E-state index in [1.807, 2.05) is 37.3 Å². The molecular formula is C17H21NO2. The molecule has 1 aromatic carbocycles. The van der Waals surface area contributed by atoms with E-state index in [4.69, 9.17) is 0 Å². The van der Waals surface area contributed by atoms with E-state index in [1.54, 1.807) is 7.05 Å². The van der Waals surface area contributed by atoms with Gasteiger partial charge in [0, 0.05) is 25.6 Å². The molecule has 0 radical (unpaired) electrons. The molecule has 1 atom stereocenters. The average molecular weight is 271 g/mol. The second-order valence-electron chi connectivity index (χ2n) is 5.18. The van der Waals surface area contributed by atoms with Crippen LogP contribution in [0.15, 0.2) is 46.7 Å². The first-order chi connectivity index (χ1) is 9.67. The summed E-state index contributed by atoms with van der Waals surface area (Å²) in [4.78, 5) is 16.6. The zero-order valence-corrected chi connectivity index (χ0v) is 12.1. The maximum absolute atomic E-state index is 12.4. The van der Waals surface area contributed by atoms with Gasteiger partial charge in [0.1, 0.15) is 5.76 Å². The summed E-state index contributed by atoms with van der Waals surface area (Å²) in [6.45, 7) is 1.99. The fraction of sp³-hybridized carbons (Fsp3) is 0.412. The van der Waals surface area contributed by atoms with Crippen LogP contribution in [0.5, 0.6) is 0 Å². The van der Waals surface area contributed by atoms with Gasteiger partial charge in [0.15, 0.2) is 5.78 Å². The Hall–Kier alpha value is -1.90. The van der Waals surface area contributed by atoms with Crippen molar-refractivity contribution in [1.29, 1.82) is 0 Å². The van der Waals surface area contributed by atoms with Gasteiger partial charge in [-0.25, -0.2) is 0 Å². The van der Waals surface area contributed by atoms with Crippen LogP contribution in [-0.2, 0) is 4.79 Å². The molecule has 1 fully saturated rings. The summed E-state index contributed by atoms with van der Waals surface area (Å²) >= 11 is 0. The highest BCUT2D eigenvalue weighted by atomic mass is 16.3. The molecule has 1 aliphatic carbocycles. The molecule has 0 heterocycles. The number of carbonyl (C=O) groups is 1. The lowest BCUT2D eigenvalue weighted by atomic mass is 9.79. The molecule has 0 bridgehead atoms. The van der Waals surface area contributed by atoms with Gasteiger partial charge in [-0.2, -0.15) is 0 Å². The largest absolute Gasteiger partial charge is 0.511 e. The number of rotatable bonds is 3. The highest BCUT2D eigenvalue weighted by Gasteiger charge is 2.31. The Bertz CT molecular complexity index is 543. The van der Waals surface area contributed by atoms with Gasteiger partial charge in [-0.15, -0.1) is 0 Å². The van der Waals surface area contributed by atoms with Gasteiger partial charge in [0.05, 0.1) is 5.57 Å². The van der Waals surface area contributed by atoms with Crippen molar-refractivity contribution in [3.05, 3.63) is 47.2 Å². The van der Waals surface area contributed by atoms with Crippen molar-refractivity contribution in [2.75, 3.05) is 7.05 Å². The predicted octanol–water partition coefficient (Wildman–Crippen LogP) is 3.82. The molecule has 106 valence electrons. The highest BCUT2D eigenvalue weighted by molar-refractivity contribution is 6.24. The van der Waals surface area contributed by atoms with Gasteiger partial charge < -0.3 is 5.11 Å². The topological polar surface area (TPSA) is 49.7 Å². The normalized spacial score (nSPS) is 24.0. The molecule has 0 aliphatic heterocycles. The van der Waals surface area contributed by atoms with Crippen molar-refractivity contribution in [3.63, 3.8) is 0 Å². The Kier molecular flexibility index (Phi) is 4.72. The number of benzene rings is 1. The molecule has 0 aromatic heterocycles. The number of hydrogen-bond acceptors (Lipinski definition) is 3. The summed E-state index contributed by atoms with van der Waals surface area (Å²) in [7, 11) is 1.69. The van der Waals surface area contributed by atoms with E-state index in [9.17, 15) is 9.90 Å². The first-order valence-corrected chi connectivity index (χ1v) is 7.13. The lowest BCUT2D eigenvalue weighted by molar-refractivity contribution is -0.115. The van der Waals surface area contributed by atoms with Crippen LogP contribution in [0.25, 0.3) is 0 Å².